The van der Waals surface area contributed by atoms with Crippen molar-refractivity contribution in [1.82, 2.24) is 4.98 Å². The third-order valence-corrected chi connectivity index (χ3v) is 4.45. The molecule has 92 valence electrons. The van der Waals surface area contributed by atoms with Gasteiger partial charge in [0.25, 0.3) is 0 Å². The molecule has 3 nitrogen and oxygen atoms in total. The number of thiazole rings is 1. The van der Waals surface area contributed by atoms with Crippen molar-refractivity contribution >= 4 is 28.9 Å². The monoisotopic (exact) mass is 280 g/mol. The molecule has 1 aliphatic rings. The van der Waals surface area contributed by atoms with Crippen molar-refractivity contribution in [3.05, 3.63) is 39.2 Å². The van der Waals surface area contributed by atoms with E-state index < -0.39 is 5.97 Å². The van der Waals surface area contributed by atoms with Gasteiger partial charge in [0.05, 0.1) is 10.0 Å². The fourth-order valence-electron chi connectivity index (χ4n) is 1.83. The summed E-state index contributed by atoms with van der Waals surface area (Å²) in [6, 6.07) is 7.30. The second-order valence-corrected chi connectivity index (χ2v) is 5.75. The molecule has 0 saturated heterocycles. The first-order valence-electron chi connectivity index (χ1n) is 5.68. The molecule has 0 atom stereocenters. The zero-order valence-corrected chi connectivity index (χ0v) is 11.0. The van der Waals surface area contributed by atoms with Crippen LogP contribution < -0.4 is 0 Å². The van der Waals surface area contributed by atoms with E-state index >= 15 is 0 Å². The van der Waals surface area contributed by atoms with E-state index in [4.69, 9.17) is 16.7 Å². The fraction of sp³-hybridized carbons (Fsp3) is 0.231. The van der Waals surface area contributed by atoms with Crippen molar-refractivity contribution < 1.29 is 9.90 Å². The first-order chi connectivity index (χ1) is 8.66. The molecular formula is C13H11ClNO2S+. The van der Waals surface area contributed by atoms with Crippen molar-refractivity contribution in [1.29, 1.82) is 0 Å². The standard InChI is InChI=1S/C13H10ClNO2S/c14-9-4-2-1-3-8(9)10-11(13(16)17)18-12(15-10)7-5-6-7/h1-4,7H,5-6H2,(H,16,17)/p+1. The minimum atomic E-state index is -0.686. The topological polar surface area (TPSA) is 52.9 Å². The molecule has 5 heteroatoms. The summed E-state index contributed by atoms with van der Waals surface area (Å²) in [5.41, 5.74) is 1.30. The lowest BCUT2D eigenvalue weighted by atomic mass is 10.1. The Morgan fingerprint density at radius 2 is 2.11 bits per heavy atom. The van der Waals surface area contributed by atoms with E-state index in [1.165, 1.54) is 11.3 Å². The van der Waals surface area contributed by atoms with Crippen LogP contribution in [0.2, 0.25) is 5.02 Å². The molecule has 0 unspecified atom stereocenters. The quantitative estimate of drug-likeness (QED) is 0.811. The zero-order valence-electron chi connectivity index (χ0n) is 9.44. The van der Waals surface area contributed by atoms with Crippen LogP contribution in [0.25, 0.3) is 11.3 Å². The van der Waals surface area contributed by atoms with Crippen LogP contribution in [0.4, 0.5) is 0 Å². The van der Waals surface area contributed by atoms with Crippen molar-refractivity contribution in [2.75, 3.05) is 0 Å². The van der Waals surface area contributed by atoms with Crippen LogP contribution in [0.3, 0.4) is 0 Å². The number of hydrogen-bond acceptors (Lipinski definition) is 3. The summed E-state index contributed by atoms with van der Waals surface area (Å²) in [7, 11) is 0. The molecule has 0 amide bonds. The Morgan fingerprint density at radius 3 is 2.72 bits per heavy atom. The van der Waals surface area contributed by atoms with Crippen LogP contribution in [0, 0.1) is 0 Å². The van der Waals surface area contributed by atoms with E-state index in [1.807, 2.05) is 18.2 Å². The van der Waals surface area contributed by atoms with Gasteiger partial charge in [0.15, 0.2) is 0 Å². The average Bonchev–Trinajstić information content (AvgIpc) is 3.09. The maximum absolute atomic E-state index is 11.4. The highest BCUT2D eigenvalue weighted by Crippen LogP contribution is 2.44. The van der Waals surface area contributed by atoms with Gasteiger partial charge in [0, 0.05) is 16.3 Å². The van der Waals surface area contributed by atoms with Gasteiger partial charge >= 0.3 is 5.97 Å². The summed E-state index contributed by atoms with van der Waals surface area (Å²) in [6.07, 6.45) is 2.25. The molecule has 1 aromatic carbocycles. The van der Waals surface area contributed by atoms with Gasteiger partial charge in [0.2, 0.25) is 4.88 Å². The smallest absolute Gasteiger partial charge is 0.560 e. The Labute approximate surface area is 113 Å². The van der Waals surface area contributed by atoms with Gasteiger partial charge < -0.3 is 5.11 Å². The Bertz CT molecular complexity index is 619. The zero-order chi connectivity index (χ0) is 12.7. The molecule has 2 aromatic rings. The van der Waals surface area contributed by atoms with E-state index in [0.717, 1.165) is 23.4 Å². The molecule has 18 heavy (non-hydrogen) atoms. The largest absolute Gasteiger partial charge is 0.561 e. The number of halogens is 1. The van der Waals surface area contributed by atoms with Crippen molar-refractivity contribution in [3.8, 4) is 11.3 Å². The number of rotatable bonds is 3. The Balaban J connectivity index is 2.15. The first kappa shape index (κ1) is 11.7. The lowest BCUT2D eigenvalue weighted by molar-refractivity contribution is 0.0702. The Hall–Kier alpha value is -1.39. The van der Waals surface area contributed by atoms with Gasteiger partial charge in [-0.2, -0.15) is 0 Å². The van der Waals surface area contributed by atoms with Gasteiger partial charge in [0.1, 0.15) is 5.69 Å². The Morgan fingerprint density at radius 1 is 1.39 bits per heavy atom. The Kier molecular flexibility index (Phi) is 2.84. The predicted molar refractivity (Wildman–Crippen MR) is 72.5 cm³/mol. The maximum atomic E-state index is 11.4. The van der Waals surface area contributed by atoms with E-state index in [1.54, 1.807) is 6.07 Å². The SMILES string of the molecule is O=C([OH2+])c1sc(C2CC2)nc1-c1ccccc1Cl. The lowest BCUT2D eigenvalue weighted by Crippen LogP contribution is -1.95. The molecular weight excluding hydrogens is 270 g/mol. The number of hydrogen-bond donors (Lipinski definition) is 0. The number of benzene rings is 1. The van der Waals surface area contributed by atoms with Crippen LogP contribution >= 0.6 is 22.9 Å². The second-order valence-electron chi connectivity index (χ2n) is 4.31. The van der Waals surface area contributed by atoms with E-state index in [9.17, 15) is 4.79 Å². The van der Waals surface area contributed by atoms with Gasteiger partial charge in [-0.25, -0.2) is 4.98 Å². The minimum Gasteiger partial charge on any atom is -0.560 e. The number of aromatic nitrogens is 1. The summed E-state index contributed by atoms with van der Waals surface area (Å²) in [6.45, 7) is 0. The predicted octanol–water partition coefficient (Wildman–Crippen LogP) is 3.21. The maximum Gasteiger partial charge on any atom is 0.561 e. The fourth-order valence-corrected chi connectivity index (χ4v) is 3.15. The molecule has 0 radical (unpaired) electrons. The second kappa shape index (κ2) is 4.37. The third-order valence-electron chi connectivity index (χ3n) is 2.91. The van der Waals surface area contributed by atoms with Crippen molar-refractivity contribution in [2.45, 2.75) is 18.8 Å². The molecule has 0 aliphatic heterocycles. The van der Waals surface area contributed by atoms with Gasteiger partial charge in [-0.3, -0.25) is 0 Å². The van der Waals surface area contributed by atoms with Gasteiger partial charge in [-0.15, -0.1) is 11.3 Å². The van der Waals surface area contributed by atoms with E-state index in [0.29, 0.717) is 21.5 Å². The summed E-state index contributed by atoms with van der Waals surface area (Å²) in [5.74, 6) is -0.210. The van der Waals surface area contributed by atoms with Crippen LogP contribution in [0.5, 0.6) is 0 Å². The highest BCUT2D eigenvalue weighted by atomic mass is 35.5. The molecule has 1 aliphatic carbocycles. The van der Waals surface area contributed by atoms with Crippen LogP contribution in [0.1, 0.15) is 33.4 Å². The van der Waals surface area contributed by atoms with Crippen LogP contribution in [-0.2, 0) is 0 Å². The highest BCUT2D eigenvalue weighted by molar-refractivity contribution is 7.14. The molecule has 1 saturated carbocycles. The summed E-state index contributed by atoms with van der Waals surface area (Å²) < 4.78 is 0. The third kappa shape index (κ3) is 2.02. The summed E-state index contributed by atoms with van der Waals surface area (Å²) >= 11 is 7.47. The molecule has 2 N–H and O–H groups in total. The minimum absolute atomic E-state index is 0.394. The molecule has 0 spiro atoms. The number of nitrogens with zero attached hydrogens (tertiary/aromatic N) is 1. The highest BCUT2D eigenvalue weighted by Gasteiger charge is 2.32. The number of carbonyl (C=O) groups excluding carboxylic acids is 1. The first-order valence-corrected chi connectivity index (χ1v) is 6.88. The van der Waals surface area contributed by atoms with Crippen molar-refractivity contribution in [2.24, 2.45) is 0 Å². The molecule has 3 rings (SSSR count). The van der Waals surface area contributed by atoms with Gasteiger partial charge in [-0.1, -0.05) is 29.8 Å². The van der Waals surface area contributed by atoms with Crippen LogP contribution in [0.15, 0.2) is 24.3 Å². The molecule has 1 fully saturated rings. The van der Waals surface area contributed by atoms with Crippen LogP contribution in [-0.4, -0.2) is 16.1 Å². The normalized spacial score (nSPS) is 14.7. The molecule has 1 heterocycles. The van der Waals surface area contributed by atoms with E-state index in [2.05, 4.69) is 4.98 Å². The summed E-state index contributed by atoms with van der Waals surface area (Å²) in [5, 5.41) is 8.86. The average molecular weight is 281 g/mol. The molecule has 0 bridgehead atoms. The lowest BCUT2D eigenvalue weighted by Gasteiger charge is -2.00. The van der Waals surface area contributed by atoms with E-state index in [-0.39, 0.29) is 0 Å². The molecule has 1 aromatic heterocycles. The van der Waals surface area contributed by atoms with Crippen molar-refractivity contribution in [3.63, 3.8) is 0 Å². The summed E-state index contributed by atoms with van der Waals surface area (Å²) in [4.78, 5) is 16.3. The number of carbonyl (C=O) groups is 1. The van der Waals surface area contributed by atoms with Gasteiger partial charge in [-0.05, 0) is 18.9 Å².